The van der Waals surface area contributed by atoms with Crippen LogP contribution < -0.4 is 0 Å². The minimum absolute atomic E-state index is 0. The number of hydrogen-bond acceptors (Lipinski definition) is 6. The van der Waals surface area contributed by atoms with E-state index in [1.54, 1.807) is 0 Å². The molecule has 6 bridgehead atoms. The molecule has 6 rings (SSSR count). The normalized spacial score (nSPS) is 30.5. The van der Waals surface area contributed by atoms with Crippen LogP contribution in [-0.4, -0.2) is 88.8 Å². The number of Topliss-reactive ketones (excluding diaryl/α,β-unsaturated/α-hetero) is 6. The van der Waals surface area contributed by atoms with Crippen LogP contribution in [0.4, 0.5) is 92.2 Å². The first kappa shape index (κ1) is 61.8. The molecular weight excluding hydrogens is 1140 g/mol. The van der Waals surface area contributed by atoms with E-state index in [1.165, 1.54) is 62.3 Å². The maximum atomic E-state index is 13.6. The summed E-state index contributed by atoms with van der Waals surface area (Å²) in [5, 5.41) is 0. The number of fused-ring (bicyclic) bond motifs is 6. The van der Waals surface area contributed by atoms with Gasteiger partial charge in [0.15, 0.2) is 0 Å². The van der Waals surface area contributed by atoms with E-state index in [0.29, 0.717) is 0 Å². The molecule has 6 saturated carbocycles. The number of rotatable bonds is 9. The van der Waals surface area contributed by atoms with Gasteiger partial charge in [-0.15, -0.1) is 17.8 Å². The van der Waals surface area contributed by atoms with Crippen LogP contribution in [0.1, 0.15) is 101 Å². The summed E-state index contributed by atoms with van der Waals surface area (Å²) in [6, 6.07) is 0. The van der Waals surface area contributed by atoms with Gasteiger partial charge in [0, 0.05) is 33.6 Å². The van der Waals surface area contributed by atoms with E-state index in [-0.39, 0.29) is 79.8 Å². The Balaban J connectivity index is 0.000000276. The van der Waals surface area contributed by atoms with E-state index in [0.717, 1.165) is 0 Å². The maximum Gasteiger partial charge on any atom is 3.00 e. The fraction of sp³-hybridized carbons (Fsp3) is 0.786. The number of ketones is 6. The Hall–Kier alpha value is -2.48. The third-order valence-corrected chi connectivity index (χ3v) is 16.8. The Labute approximate surface area is 418 Å². The number of carbonyl (C=O) groups excluding carboxylic acids is 6. The number of carbonyl (C=O) groups is 6. The van der Waals surface area contributed by atoms with Gasteiger partial charge in [-0.3, -0.25) is 0 Å². The van der Waals surface area contributed by atoms with E-state index in [1.807, 2.05) is 0 Å². The first-order valence-corrected chi connectivity index (χ1v) is 20.5. The van der Waals surface area contributed by atoms with E-state index in [9.17, 15) is 121 Å². The molecule has 70 heavy (non-hydrogen) atoms. The molecule has 6 aliphatic carbocycles. The molecule has 6 fully saturated rings. The molecule has 0 heterocycles. The molecule has 0 spiro atoms. The van der Waals surface area contributed by atoms with Gasteiger partial charge in [0.25, 0.3) is 0 Å². The monoisotopic (exact) mass is 1180 g/mol. The van der Waals surface area contributed by atoms with Crippen LogP contribution in [0.5, 0.6) is 0 Å². The Morgan fingerprint density at radius 2 is 0.529 bits per heavy atom. The van der Waals surface area contributed by atoms with E-state index in [2.05, 4.69) is 0 Å². The topological polar surface area (TPSA) is 102 Å². The SMILES string of the molecule is CC12CCC([C-](C(=O)C(F)(F)C(F)(F)C(F)(F)F)C1=O)C2(C)C.CC12CCC([C-](C(=O)C(F)(F)C(F)(F)C(F)(F)F)C1=O)C2(C)C.CC12CCC([C-](C(=O)C(F)(F)C(F)(F)C(F)(F)F)C1=O)C2(C)C.[Pr+3]. The van der Waals surface area contributed by atoms with Crippen molar-refractivity contribution in [3.05, 3.63) is 17.8 Å². The summed E-state index contributed by atoms with van der Waals surface area (Å²) in [6.07, 6.45) is -18.7. The summed E-state index contributed by atoms with van der Waals surface area (Å²) < 4.78 is 270. The number of hydrogen-bond donors (Lipinski definition) is 0. The zero-order valence-electron chi connectivity index (χ0n) is 37.9. The van der Waals surface area contributed by atoms with Gasteiger partial charge >= 0.3 is 95.4 Å². The van der Waals surface area contributed by atoms with Crippen molar-refractivity contribution in [1.82, 2.24) is 0 Å². The van der Waals surface area contributed by atoms with Crippen LogP contribution in [0.15, 0.2) is 0 Å². The van der Waals surface area contributed by atoms with Gasteiger partial charge in [0.05, 0.1) is 17.3 Å². The maximum absolute atomic E-state index is 13.6. The standard InChI is InChI=1S/3C14H14F7O2.Pr/c3*1-10(2)6-4-5-11(10,3)8(22)7(6)9(23)12(15,16)13(17,18)14(19,20)21;/h3*6H,4-5H2,1-3H3;/q3*-1;+3. The van der Waals surface area contributed by atoms with Gasteiger partial charge in [0.2, 0.25) is 0 Å². The third kappa shape index (κ3) is 7.84. The quantitative estimate of drug-likeness (QED) is 0.168. The largest absolute Gasteiger partial charge is 3.00 e. The van der Waals surface area contributed by atoms with Crippen LogP contribution in [0.2, 0.25) is 0 Å². The first-order valence-electron chi connectivity index (χ1n) is 20.5. The van der Waals surface area contributed by atoms with Crippen LogP contribution in [0.25, 0.3) is 0 Å². The van der Waals surface area contributed by atoms with Crippen LogP contribution in [0.3, 0.4) is 0 Å². The van der Waals surface area contributed by atoms with Crippen molar-refractivity contribution < 1.29 is 162 Å². The molecule has 0 aromatic heterocycles. The summed E-state index contributed by atoms with van der Waals surface area (Å²) in [5.41, 5.74) is -6.53. The Kier molecular flexibility index (Phi) is 15.0. The average molecular weight is 1180 g/mol. The Bertz CT molecular complexity index is 1940. The molecule has 0 aromatic carbocycles. The molecule has 28 heteroatoms. The van der Waals surface area contributed by atoms with Gasteiger partial charge in [-0.1, -0.05) is 81.6 Å². The predicted molar refractivity (Wildman–Crippen MR) is 191 cm³/mol. The molecule has 396 valence electrons. The second kappa shape index (κ2) is 17.0. The zero-order valence-corrected chi connectivity index (χ0v) is 41.6. The summed E-state index contributed by atoms with van der Waals surface area (Å²) in [6.45, 7) is 13.3. The van der Waals surface area contributed by atoms with Crippen molar-refractivity contribution in [3.63, 3.8) is 0 Å². The molecule has 0 aromatic rings. The van der Waals surface area contributed by atoms with E-state index in [4.69, 9.17) is 0 Å². The first-order chi connectivity index (χ1) is 30.1. The van der Waals surface area contributed by atoms with Crippen molar-refractivity contribution in [3.8, 4) is 0 Å². The molecule has 0 radical (unpaired) electrons. The van der Waals surface area contributed by atoms with E-state index >= 15 is 0 Å². The number of halogens is 21. The molecule has 0 aliphatic heterocycles. The molecule has 6 nitrogen and oxygen atoms in total. The van der Waals surface area contributed by atoms with Crippen LogP contribution in [-0.2, 0) is 28.8 Å². The zero-order chi connectivity index (χ0) is 54.7. The minimum Gasteiger partial charge on any atom is -0.333 e. The minimum atomic E-state index is -6.60. The molecule has 6 atom stereocenters. The molecule has 0 N–H and O–H groups in total. The molecule has 0 amide bonds. The Morgan fingerprint density at radius 3 is 0.643 bits per heavy atom. The van der Waals surface area contributed by atoms with Crippen molar-refractivity contribution in [2.45, 2.75) is 155 Å². The fourth-order valence-electron chi connectivity index (χ4n) is 10.9. The van der Waals surface area contributed by atoms with Crippen molar-refractivity contribution >= 4 is 34.7 Å². The van der Waals surface area contributed by atoms with Gasteiger partial charge in [-0.2, -0.15) is 92.2 Å². The van der Waals surface area contributed by atoms with Gasteiger partial charge in [0.1, 0.15) is 0 Å². The van der Waals surface area contributed by atoms with E-state index < -0.39 is 157 Å². The second-order valence-corrected chi connectivity index (χ2v) is 20.6. The van der Waals surface area contributed by atoms with Crippen LogP contribution in [0, 0.1) is 109 Å². The molecular formula is C42H42F21O6Pr. The van der Waals surface area contributed by atoms with Crippen LogP contribution >= 0.6 is 0 Å². The van der Waals surface area contributed by atoms with Gasteiger partial charge < -0.3 is 28.8 Å². The Morgan fingerprint density at radius 1 is 0.371 bits per heavy atom. The fourth-order valence-corrected chi connectivity index (χ4v) is 10.9. The molecule has 0 saturated heterocycles. The second-order valence-electron chi connectivity index (χ2n) is 20.6. The third-order valence-electron chi connectivity index (χ3n) is 16.8. The molecule has 6 unspecified atom stereocenters. The van der Waals surface area contributed by atoms with Gasteiger partial charge in [-0.05, 0) is 35.5 Å². The molecule has 6 aliphatic rings. The van der Waals surface area contributed by atoms with Crippen molar-refractivity contribution in [2.75, 3.05) is 0 Å². The summed E-state index contributed by atoms with van der Waals surface area (Å²) >= 11 is 0. The summed E-state index contributed by atoms with van der Waals surface area (Å²) in [4.78, 5) is 72.2. The smallest absolute Gasteiger partial charge is 0.333 e. The van der Waals surface area contributed by atoms with Crippen molar-refractivity contribution in [1.29, 1.82) is 0 Å². The van der Waals surface area contributed by atoms with Gasteiger partial charge in [-0.25, -0.2) is 17.8 Å². The predicted octanol–water partition coefficient (Wildman–Crippen LogP) is 12.0. The summed E-state index contributed by atoms with van der Waals surface area (Å²) in [7, 11) is 0. The van der Waals surface area contributed by atoms with Crippen molar-refractivity contribution in [2.24, 2.45) is 50.2 Å². The number of alkyl halides is 21. The summed E-state index contributed by atoms with van der Waals surface area (Å²) in [5.74, 6) is -55.5. The average Bonchev–Trinajstić information content (AvgIpc) is 3.79.